The summed E-state index contributed by atoms with van der Waals surface area (Å²) < 4.78 is 64.3. The van der Waals surface area contributed by atoms with Crippen LogP contribution in [0.15, 0.2) is 141 Å². The number of phosphoric acid groups is 1. The first-order valence-electron chi connectivity index (χ1n) is 21.5. The van der Waals surface area contributed by atoms with Gasteiger partial charge in [-0.1, -0.05) is 72.8 Å². The lowest BCUT2D eigenvalue weighted by molar-refractivity contribution is -0.0953. The molecule has 6 aromatic rings. The number of hydrogen-bond donors (Lipinski definition) is 3. The van der Waals surface area contributed by atoms with Crippen molar-refractivity contribution < 1.29 is 51.7 Å². The van der Waals surface area contributed by atoms with Crippen LogP contribution in [0.4, 0.5) is 0 Å². The summed E-state index contributed by atoms with van der Waals surface area (Å²) in [5.74, 6) is 0.473. The number of aryl methyl sites for hydroxylation is 2. The molecule has 0 saturated carbocycles. The van der Waals surface area contributed by atoms with Gasteiger partial charge in [0.05, 0.1) is 33.0 Å². The van der Waals surface area contributed by atoms with Crippen LogP contribution in [0, 0.1) is 13.8 Å². The van der Waals surface area contributed by atoms with Crippen molar-refractivity contribution in [2.45, 2.75) is 69.2 Å². The maximum Gasteiger partial charge on any atom is 0.472 e. The summed E-state index contributed by atoms with van der Waals surface area (Å²) in [4.78, 5) is 79.8. The lowest BCUT2D eigenvalue weighted by Gasteiger charge is -2.37. The molecule has 68 heavy (non-hydrogen) atoms. The van der Waals surface area contributed by atoms with Crippen molar-refractivity contribution in [1.82, 2.24) is 19.1 Å². The highest BCUT2D eigenvalue weighted by Gasteiger charge is 2.47. The zero-order valence-electron chi connectivity index (χ0n) is 37.3. The number of phosphoric ester groups is 1. The first-order valence-corrected chi connectivity index (χ1v) is 23.0. The van der Waals surface area contributed by atoms with Crippen LogP contribution in [0.1, 0.15) is 63.5 Å². The lowest BCUT2D eigenvalue weighted by Crippen LogP contribution is -2.38. The number of aromatic amines is 2. The molecule has 2 saturated heterocycles. The van der Waals surface area contributed by atoms with Gasteiger partial charge >= 0.3 is 25.2 Å². The quantitative estimate of drug-likeness (QED) is 0.0618. The molecular formula is C48H49N4O15P. The fraction of sp³-hybridized carbons (Fsp3) is 0.312. The normalized spacial score (nSPS) is 21.2. The van der Waals surface area contributed by atoms with Crippen LogP contribution < -0.4 is 32.0 Å². The number of rotatable bonds is 17. The first kappa shape index (κ1) is 47.8. The van der Waals surface area contributed by atoms with E-state index in [9.17, 15) is 33.4 Å². The van der Waals surface area contributed by atoms with Crippen molar-refractivity contribution in [2.24, 2.45) is 0 Å². The molecule has 4 aromatic carbocycles. The van der Waals surface area contributed by atoms with Gasteiger partial charge in [-0.2, -0.15) is 0 Å². The molecule has 0 bridgehead atoms. The average Bonchev–Trinajstić information content (AvgIpc) is 3.94. The average molecular weight is 953 g/mol. The van der Waals surface area contributed by atoms with Crippen LogP contribution in [0.3, 0.4) is 0 Å². The van der Waals surface area contributed by atoms with E-state index in [2.05, 4.69) is 9.97 Å². The molecule has 19 nitrogen and oxygen atoms in total. The van der Waals surface area contributed by atoms with E-state index < -0.39 is 85.4 Å². The molecular weight excluding hydrogens is 904 g/mol. The Labute approximate surface area is 388 Å². The van der Waals surface area contributed by atoms with Gasteiger partial charge < -0.3 is 33.3 Å². The van der Waals surface area contributed by atoms with E-state index in [4.69, 9.17) is 37.5 Å². The van der Waals surface area contributed by atoms with Gasteiger partial charge in [0.1, 0.15) is 54.0 Å². The Kier molecular flexibility index (Phi) is 14.2. The molecule has 0 spiro atoms. The molecule has 20 heteroatoms. The largest absolute Gasteiger partial charge is 0.497 e. The van der Waals surface area contributed by atoms with Crippen LogP contribution >= 0.6 is 7.82 Å². The van der Waals surface area contributed by atoms with Crippen LogP contribution in [-0.4, -0.2) is 81.8 Å². The SMILES string of the molecule is COc1ccc(C(OC[C@H]2O[C@@H](n3cc(C)c(=O)[nH]c3=O)C[C@@H]2OP(=O)(O)OC[C@H]2O[C@@H](n3cc(C)c(=O)[nH]c3=O)C[C@@H]2OC(=O)c2ccccc2)(c2ccccc2)c2ccc(OC)cc2)cc1. The number of carbonyl (C=O) groups is 1. The van der Waals surface area contributed by atoms with Crippen LogP contribution in [-0.2, 0) is 38.2 Å². The molecule has 2 aliphatic rings. The topological polar surface area (TPSA) is 238 Å². The highest BCUT2D eigenvalue weighted by atomic mass is 31.2. The summed E-state index contributed by atoms with van der Waals surface area (Å²) in [6, 6.07) is 32.1. The summed E-state index contributed by atoms with van der Waals surface area (Å²) in [5.41, 5.74) is -1.40. The van der Waals surface area contributed by atoms with E-state index in [-0.39, 0.29) is 36.1 Å². The van der Waals surface area contributed by atoms with Crippen molar-refractivity contribution in [3.8, 4) is 11.5 Å². The lowest BCUT2D eigenvalue weighted by atomic mass is 9.80. The van der Waals surface area contributed by atoms with E-state index in [1.165, 1.54) is 26.2 Å². The van der Waals surface area contributed by atoms with E-state index in [0.717, 1.165) is 9.13 Å². The van der Waals surface area contributed by atoms with E-state index in [0.29, 0.717) is 28.2 Å². The Balaban J connectivity index is 1.10. The number of nitrogens with zero attached hydrogens (tertiary/aromatic N) is 2. The third kappa shape index (κ3) is 10.2. The number of aromatic nitrogens is 4. The third-order valence-electron chi connectivity index (χ3n) is 11.8. The van der Waals surface area contributed by atoms with Gasteiger partial charge in [0, 0.05) is 36.4 Å². The van der Waals surface area contributed by atoms with Gasteiger partial charge in [0.25, 0.3) is 11.1 Å². The maximum absolute atomic E-state index is 14.1. The zero-order chi connectivity index (χ0) is 48.2. The number of hydrogen-bond acceptors (Lipinski definition) is 14. The molecule has 2 aromatic heterocycles. The zero-order valence-corrected chi connectivity index (χ0v) is 38.2. The van der Waals surface area contributed by atoms with Gasteiger partial charge in [-0.3, -0.25) is 37.7 Å². The van der Waals surface area contributed by atoms with Crippen molar-refractivity contribution in [3.63, 3.8) is 0 Å². The molecule has 7 atom stereocenters. The van der Waals surface area contributed by atoms with Crippen LogP contribution in [0.5, 0.6) is 11.5 Å². The van der Waals surface area contributed by atoms with Crippen molar-refractivity contribution in [3.05, 3.63) is 197 Å². The summed E-state index contributed by atoms with van der Waals surface area (Å²) in [5, 5.41) is 0. The second-order valence-corrected chi connectivity index (χ2v) is 17.6. The summed E-state index contributed by atoms with van der Waals surface area (Å²) in [6.07, 6.45) is -4.63. The minimum Gasteiger partial charge on any atom is -0.497 e. The Morgan fingerprint density at radius 3 is 1.63 bits per heavy atom. The molecule has 2 fully saturated rings. The standard InChI is InChI=1S/C48H49N4O15P/c1-29-25-51(46(56)49-43(29)53)41-23-37(66-45(55)31-11-7-5-8-12-31)40(65-41)28-63-68(58,59)67-38-24-42(52-26-30(2)44(54)50-47(52)57)64-39(38)27-62-48(32-13-9-6-10-14-32,33-15-19-35(60-3)20-16-33)34-17-21-36(61-4)22-18-34/h5-22,25-26,37-42H,23-24,27-28H2,1-4H3,(H,58,59)(H,49,53,56)(H,50,54,57)/t37-,38-,39+,40+,41+,42+/m0/s1. The molecule has 4 heterocycles. The Morgan fingerprint density at radius 2 is 1.13 bits per heavy atom. The highest BCUT2D eigenvalue weighted by molar-refractivity contribution is 7.47. The van der Waals surface area contributed by atoms with Crippen LogP contribution in [0.25, 0.3) is 0 Å². The molecule has 0 radical (unpaired) electrons. The van der Waals surface area contributed by atoms with E-state index in [1.54, 1.807) is 68.8 Å². The van der Waals surface area contributed by atoms with Gasteiger partial charge in [-0.05, 0) is 66.9 Å². The number of ether oxygens (including phenoxy) is 6. The highest BCUT2D eigenvalue weighted by Crippen LogP contribution is 2.50. The van der Waals surface area contributed by atoms with Crippen molar-refractivity contribution in [2.75, 3.05) is 27.4 Å². The summed E-state index contributed by atoms with van der Waals surface area (Å²) in [7, 11) is -2.00. The number of carbonyl (C=O) groups excluding carboxylic acids is 1. The summed E-state index contributed by atoms with van der Waals surface area (Å²) >= 11 is 0. The Hall–Kier alpha value is -6.70. The van der Waals surface area contributed by atoms with Gasteiger partial charge in [0.2, 0.25) is 0 Å². The van der Waals surface area contributed by atoms with Gasteiger partial charge in [0.15, 0.2) is 0 Å². The molecule has 0 amide bonds. The number of methoxy groups -OCH3 is 2. The predicted molar refractivity (Wildman–Crippen MR) is 244 cm³/mol. The Bertz CT molecular complexity index is 2960. The first-order chi connectivity index (χ1) is 32.7. The third-order valence-corrected chi connectivity index (χ3v) is 12.9. The molecule has 2 aliphatic heterocycles. The van der Waals surface area contributed by atoms with Crippen molar-refractivity contribution >= 4 is 13.8 Å². The second kappa shape index (κ2) is 20.3. The Morgan fingerprint density at radius 1 is 0.676 bits per heavy atom. The fourth-order valence-corrected chi connectivity index (χ4v) is 9.27. The van der Waals surface area contributed by atoms with E-state index in [1.807, 2.05) is 54.6 Å². The van der Waals surface area contributed by atoms with Crippen molar-refractivity contribution in [1.29, 1.82) is 0 Å². The van der Waals surface area contributed by atoms with Gasteiger partial charge in [-0.15, -0.1) is 0 Å². The molecule has 3 N–H and O–H groups in total. The minimum atomic E-state index is -5.12. The fourth-order valence-electron chi connectivity index (χ4n) is 8.31. The second-order valence-electron chi connectivity index (χ2n) is 16.2. The molecule has 1 unspecified atom stereocenters. The molecule has 8 rings (SSSR count). The summed E-state index contributed by atoms with van der Waals surface area (Å²) in [6.45, 7) is 2.04. The smallest absolute Gasteiger partial charge is 0.472 e. The predicted octanol–water partition coefficient (Wildman–Crippen LogP) is 5.03. The number of nitrogens with one attached hydrogen (secondary N) is 2. The monoisotopic (exact) mass is 952 g/mol. The van der Waals surface area contributed by atoms with Gasteiger partial charge in [-0.25, -0.2) is 18.9 Å². The number of esters is 1. The molecule has 0 aliphatic carbocycles. The number of benzene rings is 4. The molecule has 356 valence electrons. The van der Waals surface area contributed by atoms with E-state index >= 15 is 0 Å². The number of H-pyrrole nitrogens is 2. The maximum atomic E-state index is 14.1. The van der Waals surface area contributed by atoms with Crippen LogP contribution in [0.2, 0.25) is 0 Å². The minimum absolute atomic E-state index is 0.0922.